The smallest absolute Gasteiger partial charge is 0.340 e. The number of rotatable bonds is 4. The number of fused-ring (bicyclic) bond motifs is 1. The largest absolute Gasteiger partial charge is 0.465 e. The number of nitrogens with zero attached hydrogens (tertiary/aromatic N) is 1. The fraction of sp³-hybridized carbons (Fsp3) is 0.158. The highest BCUT2D eigenvalue weighted by Crippen LogP contribution is 2.25. The van der Waals surface area contributed by atoms with Gasteiger partial charge in [-0.1, -0.05) is 12.1 Å². The molecule has 0 spiro atoms. The van der Waals surface area contributed by atoms with Gasteiger partial charge < -0.3 is 10.1 Å². The van der Waals surface area contributed by atoms with E-state index in [0.717, 1.165) is 24.1 Å². The zero-order valence-corrected chi connectivity index (χ0v) is 14.5. The van der Waals surface area contributed by atoms with Crippen LogP contribution in [0.3, 0.4) is 0 Å². The van der Waals surface area contributed by atoms with Crippen LogP contribution in [0.25, 0.3) is 0 Å². The van der Waals surface area contributed by atoms with Crippen molar-refractivity contribution in [2.45, 2.75) is 13.0 Å². The van der Waals surface area contributed by atoms with Crippen molar-refractivity contribution in [2.75, 3.05) is 12.4 Å². The number of amides is 3. The normalized spacial score (nSPS) is 14.0. The summed E-state index contributed by atoms with van der Waals surface area (Å²) in [6.45, 7) is 1.40. The summed E-state index contributed by atoms with van der Waals surface area (Å²) in [6, 6.07) is 8.57. The molecule has 2 aromatic carbocycles. The first-order valence-electron chi connectivity index (χ1n) is 8.00. The fourth-order valence-corrected chi connectivity index (χ4v) is 2.79. The number of halogens is 1. The van der Waals surface area contributed by atoms with E-state index < -0.39 is 35.5 Å². The monoisotopic (exact) mass is 370 g/mol. The van der Waals surface area contributed by atoms with Crippen molar-refractivity contribution in [3.8, 4) is 0 Å². The summed E-state index contributed by atoms with van der Waals surface area (Å²) < 4.78 is 18.2. The second-order valence-corrected chi connectivity index (χ2v) is 5.88. The quantitative estimate of drug-likeness (QED) is 0.658. The van der Waals surface area contributed by atoms with Crippen LogP contribution in [0.1, 0.15) is 38.0 Å². The number of benzene rings is 2. The van der Waals surface area contributed by atoms with E-state index in [1.165, 1.54) is 25.1 Å². The molecule has 8 heteroatoms. The van der Waals surface area contributed by atoms with Crippen LogP contribution in [0.4, 0.5) is 10.1 Å². The minimum atomic E-state index is -1.11. The predicted octanol–water partition coefficient (Wildman–Crippen LogP) is 2.24. The van der Waals surface area contributed by atoms with Crippen molar-refractivity contribution in [3.05, 3.63) is 65.0 Å². The van der Waals surface area contributed by atoms with Crippen LogP contribution in [0.5, 0.6) is 0 Å². The summed E-state index contributed by atoms with van der Waals surface area (Å²) in [4.78, 5) is 49.8. The van der Waals surface area contributed by atoms with Gasteiger partial charge in [-0.25, -0.2) is 9.18 Å². The van der Waals surface area contributed by atoms with Crippen LogP contribution in [0.2, 0.25) is 0 Å². The Morgan fingerprint density at radius 1 is 1.07 bits per heavy atom. The zero-order chi connectivity index (χ0) is 19.7. The highest BCUT2D eigenvalue weighted by Gasteiger charge is 2.40. The van der Waals surface area contributed by atoms with Gasteiger partial charge in [0.15, 0.2) is 0 Å². The second-order valence-electron chi connectivity index (χ2n) is 5.88. The van der Waals surface area contributed by atoms with E-state index in [-0.39, 0.29) is 22.4 Å². The third-order valence-electron chi connectivity index (χ3n) is 4.23. The van der Waals surface area contributed by atoms with Crippen LogP contribution in [-0.4, -0.2) is 41.7 Å². The molecule has 1 atom stereocenters. The number of esters is 1. The standard InChI is InChI=1S/C19H15FN2O5/c1-10(22-17(24)12-5-3-4-6-13(12)18(22)25)16(23)21-11-7-8-15(20)14(9-11)19(26)27-2/h3-10H,1-2H3,(H,21,23). The van der Waals surface area contributed by atoms with Gasteiger partial charge in [0.1, 0.15) is 11.9 Å². The minimum absolute atomic E-state index is 0.130. The Hall–Kier alpha value is -3.55. The van der Waals surface area contributed by atoms with Gasteiger partial charge in [0.25, 0.3) is 11.8 Å². The molecule has 1 aliphatic rings. The van der Waals surface area contributed by atoms with E-state index in [0.29, 0.717) is 0 Å². The summed E-state index contributed by atoms with van der Waals surface area (Å²) in [5.41, 5.74) is 0.253. The molecule has 1 unspecified atom stereocenters. The number of carbonyl (C=O) groups is 4. The summed E-state index contributed by atoms with van der Waals surface area (Å²) in [5, 5.41) is 2.47. The topological polar surface area (TPSA) is 92.8 Å². The second kappa shape index (κ2) is 6.99. The Morgan fingerprint density at radius 3 is 2.22 bits per heavy atom. The third kappa shape index (κ3) is 3.17. The van der Waals surface area contributed by atoms with Gasteiger partial charge in [0.05, 0.1) is 23.8 Å². The molecule has 3 amide bonds. The number of hydrogen-bond acceptors (Lipinski definition) is 5. The molecule has 0 saturated carbocycles. The van der Waals surface area contributed by atoms with Gasteiger partial charge in [-0.05, 0) is 37.3 Å². The van der Waals surface area contributed by atoms with Crippen molar-refractivity contribution in [3.63, 3.8) is 0 Å². The lowest BCUT2D eigenvalue weighted by Crippen LogP contribution is -2.45. The molecule has 7 nitrogen and oxygen atoms in total. The molecular formula is C19H15FN2O5. The van der Waals surface area contributed by atoms with Crippen molar-refractivity contribution in [1.82, 2.24) is 4.90 Å². The first kappa shape index (κ1) is 18.2. The molecule has 27 heavy (non-hydrogen) atoms. The summed E-state index contributed by atoms with van der Waals surface area (Å²) in [5.74, 6) is -3.47. The zero-order valence-electron chi connectivity index (χ0n) is 14.5. The highest BCUT2D eigenvalue weighted by atomic mass is 19.1. The van der Waals surface area contributed by atoms with Crippen LogP contribution in [-0.2, 0) is 9.53 Å². The van der Waals surface area contributed by atoms with E-state index in [4.69, 9.17) is 0 Å². The van der Waals surface area contributed by atoms with E-state index >= 15 is 0 Å². The van der Waals surface area contributed by atoms with Gasteiger partial charge in [0, 0.05) is 5.69 Å². The van der Waals surface area contributed by atoms with Gasteiger partial charge in [-0.2, -0.15) is 0 Å². The molecule has 138 valence electrons. The van der Waals surface area contributed by atoms with Crippen LogP contribution < -0.4 is 5.32 Å². The summed E-state index contributed by atoms with van der Waals surface area (Å²) >= 11 is 0. The molecule has 1 aliphatic heterocycles. The maximum atomic E-state index is 13.7. The maximum Gasteiger partial charge on any atom is 0.340 e. The first-order valence-corrected chi connectivity index (χ1v) is 8.00. The van der Waals surface area contributed by atoms with Crippen LogP contribution >= 0.6 is 0 Å². The molecular weight excluding hydrogens is 355 g/mol. The Morgan fingerprint density at radius 2 is 1.67 bits per heavy atom. The van der Waals surface area contributed by atoms with E-state index in [2.05, 4.69) is 10.1 Å². The molecule has 1 heterocycles. The Bertz CT molecular complexity index is 937. The van der Waals surface area contributed by atoms with Crippen LogP contribution in [0, 0.1) is 5.82 Å². The number of methoxy groups -OCH3 is 1. The lowest BCUT2D eigenvalue weighted by molar-refractivity contribution is -0.119. The average Bonchev–Trinajstić information content (AvgIpc) is 2.93. The number of nitrogens with one attached hydrogen (secondary N) is 1. The Balaban J connectivity index is 1.81. The van der Waals surface area contributed by atoms with Crippen molar-refractivity contribution >= 4 is 29.4 Å². The van der Waals surface area contributed by atoms with Gasteiger partial charge in [-0.3, -0.25) is 19.3 Å². The van der Waals surface area contributed by atoms with Gasteiger partial charge >= 0.3 is 5.97 Å². The van der Waals surface area contributed by atoms with E-state index in [9.17, 15) is 23.6 Å². The predicted molar refractivity (Wildman–Crippen MR) is 92.8 cm³/mol. The average molecular weight is 370 g/mol. The van der Waals surface area contributed by atoms with Crippen LogP contribution in [0.15, 0.2) is 42.5 Å². The van der Waals surface area contributed by atoms with Crippen molar-refractivity contribution in [2.24, 2.45) is 0 Å². The number of ether oxygens (including phenoxy) is 1. The Labute approximate surface area is 153 Å². The molecule has 3 rings (SSSR count). The minimum Gasteiger partial charge on any atom is -0.465 e. The molecule has 2 aromatic rings. The SMILES string of the molecule is COC(=O)c1cc(NC(=O)C(C)N2C(=O)c3ccccc3C2=O)ccc1F. The van der Waals surface area contributed by atoms with Crippen molar-refractivity contribution in [1.29, 1.82) is 0 Å². The number of carbonyl (C=O) groups excluding carboxylic acids is 4. The highest BCUT2D eigenvalue weighted by molar-refractivity contribution is 6.23. The lowest BCUT2D eigenvalue weighted by atomic mass is 10.1. The van der Waals surface area contributed by atoms with Gasteiger partial charge in [0.2, 0.25) is 5.91 Å². The van der Waals surface area contributed by atoms with Crippen molar-refractivity contribution < 1.29 is 28.3 Å². The first-order chi connectivity index (χ1) is 12.8. The van der Waals surface area contributed by atoms with E-state index in [1.54, 1.807) is 12.1 Å². The number of anilines is 1. The molecule has 0 radical (unpaired) electrons. The summed E-state index contributed by atoms with van der Waals surface area (Å²) in [6.07, 6.45) is 0. The lowest BCUT2D eigenvalue weighted by Gasteiger charge is -2.21. The molecule has 0 aliphatic carbocycles. The number of imide groups is 1. The molecule has 0 bridgehead atoms. The third-order valence-corrected chi connectivity index (χ3v) is 4.23. The fourth-order valence-electron chi connectivity index (χ4n) is 2.79. The molecule has 0 aromatic heterocycles. The molecule has 0 saturated heterocycles. The van der Waals surface area contributed by atoms with Gasteiger partial charge in [-0.15, -0.1) is 0 Å². The van der Waals surface area contributed by atoms with E-state index in [1.807, 2.05) is 0 Å². The Kier molecular flexibility index (Phi) is 4.72. The number of hydrogen-bond donors (Lipinski definition) is 1. The molecule has 0 fully saturated rings. The molecule has 1 N–H and O–H groups in total. The summed E-state index contributed by atoms with van der Waals surface area (Å²) in [7, 11) is 1.11. The maximum absolute atomic E-state index is 13.7.